The Balaban J connectivity index is 1.93. The molecule has 0 atom stereocenters. The van der Waals surface area contributed by atoms with Crippen molar-refractivity contribution < 1.29 is 9.13 Å². The van der Waals surface area contributed by atoms with Gasteiger partial charge in [0.25, 0.3) is 0 Å². The third kappa shape index (κ3) is 2.56. The lowest BCUT2D eigenvalue weighted by Gasteiger charge is -1.96. The Bertz CT molecular complexity index is 779. The lowest BCUT2D eigenvalue weighted by Crippen LogP contribution is -1.80. The van der Waals surface area contributed by atoms with Gasteiger partial charge >= 0.3 is 0 Å². The first-order valence-electron chi connectivity index (χ1n) is 6.13. The number of hydrogen-bond donors (Lipinski definition) is 0. The summed E-state index contributed by atoms with van der Waals surface area (Å²) in [4.78, 5) is 4.49. The highest BCUT2D eigenvalue weighted by Gasteiger charge is 2.03. The normalized spacial score (nSPS) is 11.3. The van der Waals surface area contributed by atoms with Crippen LogP contribution in [0, 0.1) is 5.82 Å². The van der Waals surface area contributed by atoms with E-state index < -0.39 is 0 Å². The van der Waals surface area contributed by atoms with Crippen LogP contribution in [0.25, 0.3) is 22.4 Å². The molecule has 0 bridgehead atoms. The van der Waals surface area contributed by atoms with E-state index in [1.165, 1.54) is 6.07 Å². The molecule has 1 heterocycles. The molecule has 0 aliphatic heterocycles. The van der Waals surface area contributed by atoms with Crippen molar-refractivity contribution in [3.8, 4) is 5.75 Å². The van der Waals surface area contributed by atoms with E-state index in [4.69, 9.17) is 4.74 Å². The van der Waals surface area contributed by atoms with Gasteiger partial charge in [0, 0.05) is 5.56 Å². The molecule has 100 valence electrons. The summed E-state index contributed by atoms with van der Waals surface area (Å²) in [6.07, 6.45) is 3.57. The summed E-state index contributed by atoms with van der Waals surface area (Å²) < 4.78 is 19.8. The molecular formula is C16H12FNOS. The summed E-state index contributed by atoms with van der Waals surface area (Å²) in [7, 11) is 1.64. The number of benzene rings is 2. The predicted octanol–water partition coefficient (Wildman–Crippen LogP) is 4.61. The predicted molar refractivity (Wildman–Crippen MR) is 81.5 cm³/mol. The zero-order chi connectivity index (χ0) is 13.9. The van der Waals surface area contributed by atoms with Gasteiger partial charge in [-0.25, -0.2) is 9.37 Å². The van der Waals surface area contributed by atoms with Crippen LogP contribution in [0.5, 0.6) is 5.75 Å². The average Bonchev–Trinajstić information content (AvgIpc) is 2.88. The summed E-state index contributed by atoms with van der Waals surface area (Å²) >= 11 is 1.55. The first-order valence-corrected chi connectivity index (χ1v) is 6.95. The second-order valence-electron chi connectivity index (χ2n) is 4.24. The molecule has 0 saturated heterocycles. The van der Waals surface area contributed by atoms with Crippen LogP contribution in [-0.4, -0.2) is 12.1 Å². The van der Waals surface area contributed by atoms with Gasteiger partial charge in [0.15, 0.2) is 0 Å². The van der Waals surface area contributed by atoms with E-state index in [-0.39, 0.29) is 5.82 Å². The Hall–Kier alpha value is -2.20. The quantitative estimate of drug-likeness (QED) is 0.701. The van der Waals surface area contributed by atoms with Crippen molar-refractivity contribution in [3.05, 3.63) is 58.9 Å². The highest BCUT2D eigenvalue weighted by Crippen LogP contribution is 2.27. The van der Waals surface area contributed by atoms with Crippen molar-refractivity contribution in [2.75, 3.05) is 7.11 Å². The lowest BCUT2D eigenvalue weighted by atomic mass is 10.2. The molecule has 0 spiro atoms. The van der Waals surface area contributed by atoms with Crippen LogP contribution >= 0.6 is 11.3 Å². The summed E-state index contributed by atoms with van der Waals surface area (Å²) in [6, 6.07) is 12.4. The molecule has 4 heteroatoms. The molecule has 3 rings (SSSR count). The van der Waals surface area contributed by atoms with Crippen molar-refractivity contribution >= 4 is 33.7 Å². The molecule has 0 saturated carbocycles. The van der Waals surface area contributed by atoms with Crippen LogP contribution in [-0.2, 0) is 0 Å². The van der Waals surface area contributed by atoms with Gasteiger partial charge in [-0.15, -0.1) is 11.3 Å². The minimum Gasteiger partial charge on any atom is -0.497 e. The molecule has 2 nitrogen and oxygen atoms in total. The van der Waals surface area contributed by atoms with Crippen molar-refractivity contribution in [2.24, 2.45) is 0 Å². The van der Waals surface area contributed by atoms with Crippen LogP contribution in [0.4, 0.5) is 4.39 Å². The fourth-order valence-corrected chi connectivity index (χ4v) is 2.79. The molecule has 0 aliphatic carbocycles. The van der Waals surface area contributed by atoms with Crippen molar-refractivity contribution in [3.63, 3.8) is 0 Å². The third-order valence-electron chi connectivity index (χ3n) is 2.92. The number of rotatable bonds is 3. The maximum absolute atomic E-state index is 13.5. The highest BCUT2D eigenvalue weighted by molar-refractivity contribution is 7.19. The van der Waals surface area contributed by atoms with E-state index >= 15 is 0 Å². The fraction of sp³-hybridized carbons (Fsp3) is 0.0625. The number of hydrogen-bond acceptors (Lipinski definition) is 3. The van der Waals surface area contributed by atoms with Crippen LogP contribution in [0.15, 0.2) is 42.5 Å². The monoisotopic (exact) mass is 285 g/mol. The first kappa shape index (κ1) is 12.8. The summed E-state index contributed by atoms with van der Waals surface area (Å²) in [5.41, 5.74) is 1.48. The molecule has 0 unspecified atom stereocenters. The van der Waals surface area contributed by atoms with Gasteiger partial charge in [-0.3, -0.25) is 0 Å². The van der Waals surface area contributed by atoms with Crippen molar-refractivity contribution in [2.45, 2.75) is 0 Å². The van der Waals surface area contributed by atoms with Gasteiger partial charge in [0.05, 0.1) is 17.3 Å². The number of nitrogens with zero attached hydrogens (tertiary/aromatic N) is 1. The number of aromatic nitrogens is 1. The smallest absolute Gasteiger partial charge is 0.130 e. The maximum Gasteiger partial charge on any atom is 0.130 e. The summed E-state index contributed by atoms with van der Waals surface area (Å²) in [6.45, 7) is 0. The van der Waals surface area contributed by atoms with Gasteiger partial charge in [0.2, 0.25) is 0 Å². The Morgan fingerprint density at radius 1 is 1.15 bits per heavy atom. The van der Waals surface area contributed by atoms with E-state index in [9.17, 15) is 4.39 Å². The fourth-order valence-electron chi connectivity index (χ4n) is 1.89. The van der Waals surface area contributed by atoms with Gasteiger partial charge in [0.1, 0.15) is 16.6 Å². The Kier molecular flexibility index (Phi) is 3.48. The van der Waals surface area contributed by atoms with Gasteiger partial charge < -0.3 is 4.74 Å². The standard InChI is InChI=1S/C16H12FNOS/c1-19-12-7-8-14-15(10-12)20-16(18-14)9-6-11-4-2-3-5-13(11)17/h2-10H,1H3. The van der Waals surface area contributed by atoms with E-state index in [0.29, 0.717) is 5.56 Å². The number of methoxy groups -OCH3 is 1. The number of halogens is 1. The van der Waals surface area contributed by atoms with Crippen LogP contribution < -0.4 is 4.74 Å². The SMILES string of the molecule is COc1ccc2nc(C=Cc3ccccc3F)sc2c1. The molecular weight excluding hydrogens is 273 g/mol. The topological polar surface area (TPSA) is 22.1 Å². The van der Waals surface area contributed by atoms with Gasteiger partial charge in [-0.1, -0.05) is 18.2 Å². The Morgan fingerprint density at radius 2 is 2.00 bits per heavy atom. The zero-order valence-corrected chi connectivity index (χ0v) is 11.7. The maximum atomic E-state index is 13.5. The summed E-state index contributed by atoms with van der Waals surface area (Å²) in [5, 5.41) is 0.844. The lowest BCUT2D eigenvalue weighted by molar-refractivity contribution is 0.415. The molecule has 0 amide bonds. The Labute approximate surface area is 120 Å². The molecule has 3 aromatic rings. The molecule has 2 aromatic carbocycles. The van der Waals surface area contributed by atoms with E-state index in [1.807, 2.05) is 30.3 Å². The number of ether oxygens (including phenoxy) is 1. The van der Waals surface area contributed by atoms with E-state index in [2.05, 4.69) is 4.98 Å². The average molecular weight is 285 g/mol. The molecule has 0 radical (unpaired) electrons. The zero-order valence-electron chi connectivity index (χ0n) is 10.8. The number of thiazole rings is 1. The van der Waals surface area contributed by atoms with E-state index in [0.717, 1.165) is 21.0 Å². The molecule has 0 N–H and O–H groups in total. The van der Waals surface area contributed by atoms with E-state index in [1.54, 1.807) is 36.7 Å². The second kappa shape index (κ2) is 5.43. The third-order valence-corrected chi connectivity index (χ3v) is 3.91. The van der Waals surface area contributed by atoms with Crippen molar-refractivity contribution in [1.82, 2.24) is 4.98 Å². The minimum atomic E-state index is -0.230. The van der Waals surface area contributed by atoms with Crippen LogP contribution in [0.2, 0.25) is 0 Å². The molecule has 20 heavy (non-hydrogen) atoms. The second-order valence-corrected chi connectivity index (χ2v) is 5.30. The minimum absolute atomic E-state index is 0.230. The number of fused-ring (bicyclic) bond motifs is 1. The molecule has 1 aromatic heterocycles. The van der Waals surface area contributed by atoms with Crippen LogP contribution in [0.1, 0.15) is 10.6 Å². The molecule has 0 fully saturated rings. The summed E-state index contributed by atoms with van der Waals surface area (Å²) in [5.74, 6) is 0.581. The molecule has 0 aliphatic rings. The van der Waals surface area contributed by atoms with Crippen molar-refractivity contribution in [1.29, 1.82) is 0 Å². The highest BCUT2D eigenvalue weighted by atomic mass is 32.1. The first-order chi connectivity index (χ1) is 9.76. The van der Waals surface area contributed by atoms with Crippen LogP contribution in [0.3, 0.4) is 0 Å². The van der Waals surface area contributed by atoms with Gasteiger partial charge in [-0.2, -0.15) is 0 Å². The Morgan fingerprint density at radius 3 is 2.80 bits per heavy atom. The largest absolute Gasteiger partial charge is 0.497 e. The van der Waals surface area contributed by atoms with Gasteiger partial charge in [-0.05, 0) is 36.4 Å².